The highest BCUT2D eigenvalue weighted by Gasteiger charge is 2.07. The minimum Gasteiger partial charge on any atom is -0.391 e. The molecular formula is C13H19NO2S. The van der Waals surface area contributed by atoms with Gasteiger partial charge in [0, 0.05) is 17.9 Å². The fraction of sp³-hybridized carbons (Fsp3) is 0.462. The molecule has 94 valence electrons. The Kier molecular flexibility index (Phi) is 6.08. The number of aliphatic hydroxyl groups is 1. The monoisotopic (exact) mass is 253 g/mol. The van der Waals surface area contributed by atoms with Crippen molar-refractivity contribution in [3.63, 3.8) is 0 Å². The van der Waals surface area contributed by atoms with E-state index in [0.717, 1.165) is 5.75 Å². The zero-order valence-corrected chi connectivity index (χ0v) is 11.1. The van der Waals surface area contributed by atoms with E-state index in [0.29, 0.717) is 18.5 Å². The standard InChI is InChI=1S/C13H19NO2S/c1-3-12(15)8-14-13(16)11-6-4-10(5-7-11)9-17-2/h4-7,12,15H,3,8-9H2,1-2H3,(H,14,16). The lowest BCUT2D eigenvalue weighted by molar-refractivity contribution is 0.0914. The molecule has 0 saturated carbocycles. The molecule has 0 saturated heterocycles. The highest BCUT2D eigenvalue weighted by Crippen LogP contribution is 2.10. The zero-order valence-electron chi connectivity index (χ0n) is 10.3. The largest absolute Gasteiger partial charge is 0.391 e. The maximum atomic E-state index is 11.7. The minimum atomic E-state index is -0.463. The molecule has 0 bridgehead atoms. The molecule has 1 aromatic rings. The summed E-state index contributed by atoms with van der Waals surface area (Å²) in [7, 11) is 0. The van der Waals surface area contributed by atoms with Gasteiger partial charge in [-0.1, -0.05) is 19.1 Å². The van der Waals surface area contributed by atoms with Crippen molar-refractivity contribution < 1.29 is 9.90 Å². The van der Waals surface area contributed by atoms with Gasteiger partial charge in [-0.15, -0.1) is 0 Å². The van der Waals surface area contributed by atoms with Crippen molar-refractivity contribution in [1.29, 1.82) is 0 Å². The zero-order chi connectivity index (χ0) is 12.7. The van der Waals surface area contributed by atoms with Gasteiger partial charge >= 0.3 is 0 Å². The van der Waals surface area contributed by atoms with Crippen LogP contribution in [0.4, 0.5) is 0 Å². The first-order valence-electron chi connectivity index (χ1n) is 5.71. The Morgan fingerprint density at radius 2 is 2.06 bits per heavy atom. The normalized spacial score (nSPS) is 12.2. The Morgan fingerprint density at radius 1 is 1.41 bits per heavy atom. The smallest absolute Gasteiger partial charge is 0.251 e. The molecule has 3 nitrogen and oxygen atoms in total. The van der Waals surface area contributed by atoms with Crippen molar-refractivity contribution in [2.75, 3.05) is 12.8 Å². The molecule has 2 N–H and O–H groups in total. The number of thioether (sulfide) groups is 1. The van der Waals surface area contributed by atoms with Gasteiger partial charge in [0.2, 0.25) is 0 Å². The minimum absolute atomic E-state index is 0.131. The molecule has 1 aromatic carbocycles. The molecule has 1 rings (SSSR count). The van der Waals surface area contributed by atoms with Gasteiger partial charge in [0.15, 0.2) is 0 Å². The first-order valence-corrected chi connectivity index (χ1v) is 7.11. The van der Waals surface area contributed by atoms with Gasteiger partial charge in [0.25, 0.3) is 5.91 Å². The van der Waals surface area contributed by atoms with Gasteiger partial charge < -0.3 is 10.4 Å². The highest BCUT2D eigenvalue weighted by atomic mass is 32.2. The molecule has 17 heavy (non-hydrogen) atoms. The Hall–Kier alpha value is -1.00. The Balaban J connectivity index is 2.51. The third kappa shape index (κ3) is 4.79. The number of benzene rings is 1. The molecule has 0 aromatic heterocycles. The van der Waals surface area contributed by atoms with Gasteiger partial charge in [-0.2, -0.15) is 11.8 Å². The van der Waals surface area contributed by atoms with E-state index in [1.165, 1.54) is 5.56 Å². The van der Waals surface area contributed by atoms with E-state index in [9.17, 15) is 9.90 Å². The summed E-state index contributed by atoms with van der Waals surface area (Å²) in [6.45, 7) is 2.19. The van der Waals surface area contributed by atoms with E-state index in [2.05, 4.69) is 5.32 Å². The van der Waals surface area contributed by atoms with Crippen molar-refractivity contribution in [3.05, 3.63) is 35.4 Å². The first kappa shape index (κ1) is 14.1. The van der Waals surface area contributed by atoms with Crippen LogP contribution in [0.2, 0.25) is 0 Å². The summed E-state index contributed by atoms with van der Waals surface area (Å²) < 4.78 is 0. The van der Waals surface area contributed by atoms with E-state index in [1.807, 2.05) is 37.4 Å². The average Bonchev–Trinajstić information content (AvgIpc) is 2.36. The van der Waals surface area contributed by atoms with E-state index in [4.69, 9.17) is 0 Å². The van der Waals surface area contributed by atoms with Gasteiger partial charge in [-0.25, -0.2) is 0 Å². The third-order valence-corrected chi connectivity index (χ3v) is 3.12. The van der Waals surface area contributed by atoms with Crippen LogP contribution in [0.3, 0.4) is 0 Å². The van der Waals surface area contributed by atoms with E-state index < -0.39 is 6.10 Å². The van der Waals surface area contributed by atoms with Crippen LogP contribution < -0.4 is 5.32 Å². The second-order valence-corrected chi connectivity index (χ2v) is 4.77. The molecule has 0 radical (unpaired) electrons. The molecule has 1 atom stereocenters. The average molecular weight is 253 g/mol. The number of carbonyl (C=O) groups is 1. The van der Waals surface area contributed by atoms with Gasteiger partial charge in [-0.3, -0.25) is 4.79 Å². The van der Waals surface area contributed by atoms with Crippen LogP contribution in [0.1, 0.15) is 29.3 Å². The molecule has 0 heterocycles. The van der Waals surface area contributed by atoms with Crippen LogP contribution in [0.25, 0.3) is 0 Å². The van der Waals surface area contributed by atoms with Gasteiger partial charge in [-0.05, 0) is 30.4 Å². The van der Waals surface area contributed by atoms with Crippen molar-refractivity contribution in [3.8, 4) is 0 Å². The highest BCUT2D eigenvalue weighted by molar-refractivity contribution is 7.97. The predicted octanol–water partition coefficient (Wildman–Crippen LogP) is 2.05. The summed E-state index contributed by atoms with van der Waals surface area (Å²) in [4.78, 5) is 11.7. The lowest BCUT2D eigenvalue weighted by atomic mass is 10.1. The van der Waals surface area contributed by atoms with Crippen LogP contribution in [0, 0.1) is 0 Å². The number of rotatable bonds is 6. The van der Waals surface area contributed by atoms with Gasteiger partial charge in [0.1, 0.15) is 0 Å². The van der Waals surface area contributed by atoms with Crippen molar-refractivity contribution in [2.24, 2.45) is 0 Å². The summed E-state index contributed by atoms with van der Waals surface area (Å²) >= 11 is 1.75. The maximum Gasteiger partial charge on any atom is 0.251 e. The topological polar surface area (TPSA) is 49.3 Å². The fourth-order valence-corrected chi connectivity index (χ4v) is 1.90. The fourth-order valence-electron chi connectivity index (χ4n) is 1.38. The van der Waals surface area contributed by atoms with Crippen molar-refractivity contribution >= 4 is 17.7 Å². The maximum absolute atomic E-state index is 11.7. The quantitative estimate of drug-likeness (QED) is 0.816. The molecule has 4 heteroatoms. The van der Waals surface area contributed by atoms with Crippen LogP contribution in [0.15, 0.2) is 24.3 Å². The third-order valence-electron chi connectivity index (χ3n) is 2.50. The second-order valence-electron chi connectivity index (χ2n) is 3.90. The van der Waals surface area contributed by atoms with E-state index in [1.54, 1.807) is 11.8 Å². The summed E-state index contributed by atoms with van der Waals surface area (Å²) in [6, 6.07) is 7.56. The lowest BCUT2D eigenvalue weighted by Gasteiger charge is -2.09. The van der Waals surface area contributed by atoms with Crippen LogP contribution >= 0.6 is 11.8 Å². The number of carbonyl (C=O) groups excluding carboxylic acids is 1. The Morgan fingerprint density at radius 3 is 2.59 bits per heavy atom. The summed E-state index contributed by atoms with van der Waals surface area (Å²) in [5.41, 5.74) is 1.85. The molecule has 0 fully saturated rings. The molecular weight excluding hydrogens is 234 g/mol. The molecule has 0 aliphatic carbocycles. The number of hydrogen-bond acceptors (Lipinski definition) is 3. The lowest BCUT2D eigenvalue weighted by Crippen LogP contribution is -2.31. The molecule has 0 aliphatic rings. The van der Waals surface area contributed by atoms with Crippen LogP contribution in [-0.2, 0) is 5.75 Å². The second kappa shape index (κ2) is 7.35. The Labute approximate surface area is 107 Å². The van der Waals surface area contributed by atoms with Gasteiger partial charge in [0.05, 0.1) is 6.10 Å². The van der Waals surface area contributed by atoms with Crippen molar-refractivity contribution in [1.82, 2.24) is 5.32 Å². The number of aliphatic hydroxyl groups excluding tert-OH is 1. The van der Waals surface area contributed by atoms with Crippen LogP contribution in [0.5, 0.6) is 0 Å². The molecule has 1 amide bonds. The first-order chi connectivity index (χ1) is 8.17. The Bertz CT molecular complexity index is 351. The summed E-state index contributed by atoms with van der Waals surface area (Å²) in [5, 5.41) is 12.1. The van der Waals surface area contributed by atoms with E-state index in [-0.39, 0.29) is 5.91 Å². The van der Waals surface area contributed by atoms with Crippen LogP contribution in [-0.4, -0.2) is 29.9 Å². The SMILES string of the molecule is CCC(O)CNC(=O)c1ccc(CSC)cc1. The number of hydrogen-bond donors (Lipinski definition) is 2. The molecule has 0 aliphatic heterocycles. The molecule has 1 unspecified atom stereocenters. The summed E-state index contributed by atoms with van der Waals surface area (Å²) in [6.07, 6.45) is 2.23. The number of amides is 1. The number of nitrogens with one attached hydrogen (secondary N) is 1. The summed E-state index contributed by atoms with van der Waals surface area (Å²) in [5.74, 6) is 0.824. The molecule has 0 spiro atoms. The van der Waals surface area contributed by atoms with Crippen molar-refractivity contribution in [2.45, 2.75) is 25.2 Å². The predicted molar refractivity (Wildman–Crippen MR) is 72.3 cm³/mol. The van der Waals surface area contributed by atoms with E-state index >= 15 is 0 Å².